The van der Waals surface area contributed by atoms with Crippen LogP contribution in [0.25, 0.3) is 0 Å². The highest BCUT2D eigenvalue weighted by Gasteiger charge is 2.16. The fourth-order valence-electron chi connectivity index (χ4n) is 1.51. The van der Waals surface area contributed by atoms with Gasteiger partial charge in [-0.25, -0.2) is 4.98 Å². The van der Waals surface area contributed by atoms with E-state index < -0.39 is 11.5 Å². The minimum Gasteiger partial charge on any atom is -0.507 e. The zero-order valence-electron chi connectivity index (χ0n) is 9.60. The Balaban J connectivity index is 2.33. The lowest BCUT2D eigenvalue weighted by atomic mass is 10.2. The lowest BCUT2D eigenvalue weighted by Crippen LogP contribution is -2.24. The lowest BCUT2D eigenvalue weighted by molar-refractivity contribution is 0.102. The monoisotopic (exact) mass is 245 g/mol. The first-order valence-electron chi connectivity index (χ1n) is 5.23. The number of amides is 1. The summed E-state index contributed by atoms with van der Waals surface area (Å²) in [6, 6.07) is 6.29. The Morgan fingerprint density at radius 2 is 2.22 bits per heavy atom. The number of hydrogen-bond acceptors (Lipinski definition) is 4. The predicted molar refractivity (Wildman–Crippen MR) is 65.7 cm³/mol. The number of nitrogens with one attached hydrogen (secondary N) is 2. The predicted octanol–water partition coefficient (Wildman–Crippen LogP) is 1.04. The Morgan fingerprint density at radius 1 is 1.44 bits per heavy atom. The van der Waals surface area contributed by atoms with Crippen molar-refractivity contribution in [3.05, 3.63) is 52.1 Å². The molecule has 2 aromatic heterocycles. The lowest BCUT2D eigenvalue weighted by Gasteiger charge is -2.05. The van der Waals surface area contributed by atoms with E-state index in [4.69, 9.17) is 0 Å². The summed E-state index contributed by atoms with van der Waals surface area (Å²) in [6.07, 6.45) is 1.51. The first-order valence-corrected chi connectivity index (χ1v) is 5.23. The van der Waals surface area contributed by atoms with Gasteiger partial charge in [-0.15, -0.1) is 0 Å². The molecule has 0 fully saturated rings. The number of carbonyl (C=O) groups is 1. The molecule has 0 atom stereocenters. The zero-order chi connectivity index (χ0) is 13.1. The molecule has 6 nitrogen and oxygen atoms in total. The first kappa shape index (κ1) is 11.8. The van der Waals surface area contributed by atoms with Crippen LogP contribution in [-0.4, -0.2) is 21.0 Å². The van der Waals surface area contributed by atoms with Crippen molar-refractivity contribution in [1.82, 2.24) is 9.97 Å². The molecule has 0 unspecified atom stereocenters. The molecule has 1 amide bonds. The Bertz CT molecular complexity index is 635. The third-order valence-corrected chi connectivity index (χ3v) is 2.28. The van der Waals surface area contributed by atoms with Crippen molar-refractivity contribution in [2.75, 3.05) is 5.32 Å². The van der Waals surface area contributed by atoms with Gasteiger partial charge in [-0.05, 0) is 25.1 Å². The summed E-state index contributed by atoms with van der Waals surface area (Å²) in [5.74, 6) is -0.751. The molecule has 2 rings (SSSR count). The van der Waals surface area contributed by atoms with Gasteiger partial charge in [-0.2, -0.15) is 0 Å². The maximum absolute atomic E-state index is 11.8. The highest BCUT2D eigenvalue weighted by molar-refractivity contribution is 6.05. The number of carbonyl (C=O) groups excluding carboxylic acids is 1. The van der Waals surface area contributed by atoms with E-state index in [2.05, 4.69) is 15.3 Å². The topological polar surface area (TPSA) is 95.1 Å². The molecule has 0 spiro atoms. The summed E-state index contributed by atoms with van der Waals surface area (Å²) < 4.78 is 0. The Morgan fingerprint density at radius 3 is 2.83 bits per heavy atom. The van der Waals surface area contributed by atoms with Crippen LogP contribution in [0, 0.1) is 6.92 Å². The van der Waals surface area contributed by atoms with Crippen molar-refractivity contribution in [3.63, 3.8) is 0 Å². The maximum Gasteiger partial charge on any atom is 0.266 e. The smallest absolute Gasteiger partial charge is 0.266 e. The molecule has 3 N–H and O–H groups in total. The summed E-state index contributed by atoms with van der Waals surface area (Å²) >= 11 is 0. The van der Waals surface area contributed by atoms with Crippen molar-refractivity contribution >= 4 is 11.7 Å². The van der Waals surface area contributed by atoms with Gasteiger partial charge in [0.25, 0.3) is 11.5 Å². The molecule has 0 aromatic carbocycles. The molecule has 0 radical (unpaired) electrons. The van der Waals surface area contributed by atoms with Crippen molar-refractivity contribution < 1.29 is 9.90 Å². The van der Waals surface area contributed by atoms with Gasteiger partial charge in [0.1, 0.15) is 17.1 Å². The summed E-state index contributed by atoms with van der Waals surface area (Å²) in [4.78, 5) is 29.8. The Labute approximate surface area is 102 Å². The van der Waals surface area contributed by atoms with Gasteiger partial charge in [0.2, 0.25) is 0 Å². The number of aromatic nitrogens is 2. The average molecular weight is 245 g/mol. The molecule has 2 aromatic rings. The van der Waals surface area contributed by atoms with Crippen LogP contribution < -0.4 is 10.9 Å². The van der Waals surface area contributed by atoms with E-state index in [1.54, 1.807) is 25.1 Å². The van der Waals surface area contributed by atoms with E-state index in [9.17, 15) is 14.7 Å². The second kappa shape index (κ2) is 4.70. The minimum absolute atomic E-state index is 0.307. The van der Waals surface area contributed by atoms with E-state index in [-0.39, 0.29) is 11.3 Å². The van der Waals surface area contributed by atoms with Gasteiger partial charge in [-0.3, -0.25) is 9.59 Å². The summed E-state index contributed by atoms with van der Waals surface area (Å²) in [5.41, 5.74) is -0.487. The van der Waals surface area contributed by atoms with Crippen LogP contribution in [0.5, 0.6) is 5.75 Å². The number of aromatic amines is 1. The first-order chi connectivity index (χ1) is 8.58. The molecule has 0 saturated heterocycles. The fourth-order valence-corrected chi connectivity index (χ4v) is 1.51. The van der Waals surface area contributed by atoms with E-state index in [1.165, 1.54) is 12.3 Å². The molecule has 0 aliphatic heterocycles. The summed E-state index contributed by atoms with van der Waals surface area (Å²) in [6.45, 7) is 1.61. The Hall–Kier alpha value is -2.63. The van der Waals surface area contributed by atoms with Crippen LogP contribution in [0.4, 0.5) is 5.82 Å². The van der Waals surface area contributed by atoms with Crippen molar-refractivity contribution in [2.24, 2.45) is 0 Å². The highest BCUT2D eigenvalue weighted by Crippen LogP contribution is 2.14. The number of hydrogen-bond donors (Lipinski definition) is 3. The number of aromatic hydroxyl groups is 1. The number of aryl methyl sites for hydroxylation is 1. The van der Waals surface area contributed by atoms with Gasteiger partial charge >= 0.3 is 0 Å². The molecule has 2 heterocycles. The van der Waals surface area contributed by atoms with Crippen LogP contribution in [0.15, 0.2) is 35.3 Å². The second-order valence-corrected chi connectivity index (χ2v) is 3.71. The fraction of sp³-hybridized carbons (Fsp3) is 0.0833. The highest BCUT2D eigenvalue weighted by atomic mass is 16.3. The molecule has 0 saturated carbocycles. The molecule has 0 aliphatic carbocycles. The minimum atomic E-state index is -0.701. The third kappa shape index (κ3) is 2.37. The quantitative estimate of drug-likeness (QED) is 0.736. The molecule has 92 valence electrons. The second-order valence-electron chi connectivity index (χ2n) is 3.71. The van der Waals surface area contributed by atoms with E-state index in [0.717, 1.165) is 0 Å². The van der Waals surface area contributed by atoms with Gasteiger partial charge in [0.05, 0.1) is 0 Å². The number of H-pyrrole nitrogens is 1. The van der Waals surface area contributed by atoms with Crippen LogP contribution in [0.1, 0.15) is 16.1 Å². The van der Waals surface area contributed by atoms with Gasteiger partial charge in [0, 0.05) is 11.9 Å². The average Bonchev–Trinajstić information content (AvgIpc) is 2.28. The largest absolute Gasteiger partial charge is 0.507 e. The van der Waals surface area contributed by atoms with Crippen molar-refractivity contribution in [3.8, 4) is 5.75 Å². The SMILES string of the molecule is Cc1cc(O)c(C(=O)Nc2ccccn2)c(=O)[nH]1. The van der Waals surface area contributed by atoms with Crippen LogP contribution in [0.3, 0.4) is 0 Å². The van der Waals surface area contributed by atoms with Crippen molar-refractivity contribution in [1.29, 1.82) is 0 Å². The standard InChI is InChI=1S/C12H11N3O3/c1-7-6-8(16)10(11(17)14-7)12(18)15-9-4-2-3-5-13-9/h2-6H,1H3,(H,13,15,18)(H2,14,16,17). The van der Waals surface area contributed by atoms with E-state index >= 15 is 0 Å². The molecular formula is C12H11N3O3. The molecular weight excluding hydrogens is 234 g/mol. The van der Waals surface area contributed by atoms with Crippen LogP contribution in [0.2, 0.25) is 0 Å². The summed E-state index contributed by atoms with van der Waals surface area (Å²) in [7, 11) is 0. The molecule has 0 aliphatic rings. The molecule has 0 bridgehead atoms. The normalized spacial score (nSPS) is 10.1. The van der Waals surface area contributed by atoms with E-state index in [0.29, 0.717) is 11.5 Å². The number of rotatable bonds is 2. The third-order valence-electron chi connectivity index (χ3n) is 2.28. The van der Waals surface area contributed by atoms with Crippen molar-refractivity contribution in [2.45, 2.75) is 6.92 Å². The zero-order valence-corrected chi connectivity index (χ0v) is 9.60. The Kier molecular flexibility index (Phi) is 3.09. The summed E-state index contributed by atoms with van der Waals surface area (Å²) in [5, 5.41) is 12.0. The number of anilines is 1. The van der Waals surface area contributed by atoms with E-state index in [1.807, 2.05) is 0 Å². The van der Waals surface area contributed by atoms with Gasteiger partial charge in [0.15, 0.2) is 0 Å². The van der Waals surface area contributed by atoms with Gasteiger partial charge < -0.3 is 15.4 Å². The van der Waals surface area contributed by atoms with Crippen LogP contribution in [-0.2, 0) is 0 Å². The molecule has 6 heteroatoms. The molecule has 18 heavy (non-hydrogen) atoms. The number of nitrogens with zero attached hydrogens (tertiary/aromatic N) is 1. The number of pyridine rings is 2. The van der Waals surface area contributed by atoms with Gasteiger partial charge in [-0.1, -0.05) is 6.07 Å². The maximum atomic E-state index is 11.8. The van der Waals surface area contributed by atoms with Crippen LogP contribution >= 0.6 is 0 Å².